The summed E-state index contributed by atoms with van der Waals surface area (Å²) in [6, 6.07) is 7.06. The van der Waals surface area contributed by atoms with Gasteiger partial charge in [0.1, 0.15) is 24.1 Å². The molecule has 0 aliphatic rings. The molecule has 2 heterocycles. The minimum atomic E-state index is -0.926. The molecule has 3 rings (SSSR count). The van der Waals surface area contributed by atoms with Crippen molar-refractivity contribution in [2.24, 2.45) is 0 Å². The van der Waals surface area contributed by atoms with Crippen molar-refractivity contribution >= 4 is 17.5 Å². The van der Waals surface area contributed by atoms with Crippen LogP contribution in [0.15, 0.2) is 49.2 Å². The molecule has 0 aliphatic carbocycles. The molecule has 1 atom stereocenters. The number of halogens is 1. The van der Waals surface area contributed by atoms with Crippen molar-refractivity contribution in [2.45, 2.75) is 25.7 Å². The maximum atomic E-state index is 12.5. The van der Waals surface area contributed by atoms with Gasteiger partial charge < -0.3 is 15.2 Å². The van der Waals surface area contributed by atoms with E-state index in [1.54, 1.807) is 37.7 Å². The third-order valence-electron chi connectivity index (χ3n) is 4.21. The molecular formula is C20H21ClN6O3. The molecule has 0 bridgehead atoms. The molecule has 10 heteroatoms. The summed E-state index contributed by atoms with van der Waals surface area (Å²) in [7, 11) is 1.55. The minimum Gasteiger partial charge on any atom is -0.495 e. The van der Waals surface area contributed by atoms with Crippen LogP contribution in [0, 0.1) is 0 Å². The Balaban J connectivity index is 1.58. The Morgan fingerprint density at radius 1 is 1.23 bits per heavy atom. The fraction of sp³-hybridized carbons (Fsp3) is 0.250. The highest BCUT2D eigenvalue weighted by Crippen LogP contribution is 2.24. The number of aliphatic hydroxyl groups is 1. The van der Waals surface area contributed by atoms with E-state index in [1.807, 2.05) is 6.07 Å². The Kier molecular flexibility index (Phi) is 7.61. The molecule has 1 aromatic carbocycles. The number of aromatic nitrogens is 4. The maximum absolute atomic E-state index is 12.5. The Labute approximate surface area is 178 Å². The number of methoxy groups -OCH3 is 1. The van der Waals surface area contributed by atoms with Crippen LogP contribution in [0.2, 0.25) is 5.02 Å². The molecule has 2 aromatic heterocycles. The Morgan fingerprint density at radius 3 is 2.77 bits per heavy atom. The number of nitrogens with zero attached hydrogens (tertiary/aromatic N) is 4. The van der Waals surface area contributed by atoms with Crippen molar-refractivity contribution < 1.29 is 14.6 Å². The standard InChI is InChI=1S/C20H21ClN6O3/c1-30-17-4-3-13(7-15(17)21)9-25-19(28)8-16-14(10-22-12-27-16)20(29)26-11-18-23-5-2-6-24-18/h2-7,10,12,19,25,28H,8-9,11H2,1H3,(H,26,29). The van der Waals surface area contributed by atoms with E-state index < -0.39 is 6.23 Å². The van der Waals surface area contributed by atoms with E-state index in [-0.39, 0.29) is 24.4 Å². The van der Waals surface area contributed by atoms with Gasteiger partial charge in [-0.25, -0.2) is 19.9 Å². The van der Waals surface area contributed by atoms with Crippen LogP contribution in [-0.2, 0) is 19.5 Å². The summed E-state index contributed by atoms with van der Waals surface area (Å²) >= 11 is 6.12. The summed E-state index contributed by atoms with van der Waals surface area (Å²) in [5, 5.41) is 16.6. The van der Waals surface area contributed by atoms with Gasteiger partial charge in [0.2, 0.25) is 0 Å². The molecule has 1 unspecified atom stereocenters. The number of aliphatic hydroxyl groups excluding tert-OH is 1. The van der Waals surface area contributed by atoms with Crippen molar-refractivity contribution in [2.75, 3.05) is 7.11 Å². The van der Waals surface area contributed by atoms with Gasteiger partial charge in [-0.2, -0.15) is 0 Å². The Bertz CT molecular complexity index is 989. The van der Waals surface area contributed by atoms with E-state index in [0.29, 0.717) is 28.8 Å². The maximum Gasteiger partial charge on any atom is 0.255 e. The number of amides is 1. The zero-order chi connectivity index (χ0) is 21.3. The van der Waals surface area contributed by atoms with Crippen molar-refractivity contribution in [1.29, 1.82) is 0 Å². The Morgan fingerprint density at radius 2 is 2.03 bits per heavy atom. The molecule has 0 saturated carbocycles. The molecule has 156 valence electrons. The first-order chi connectivity index (χ1) is 14.6. The number of rotatable bonds is 9. The van der Waals surface area contributed by atoms with E-state index in [0.717, 1.165) is 5.56 Å². The van der Waals surface area contributed by atoms with E-state index in [9.17, 15) is 9.90 Å². The lowest BCUT2D eigenvalue weighted by atomic mass is 10.1. The zero-order valence-electron chi connectivity index (χ0n) is 16.2. The van der Waals surface area contributed by atoms with Crippen LogP contribution in [0.3, 0.4) is 0 Å². The second kappa shape index (κ2) is 10.6. The van der Waals surface area contributed by atoms with Crippen LogP contribution in [0.4, 0.5) is 0 Å². The number of hydrogen-bond donors (Lipinski definition) is 3. The molecule has 1 amide bonds. The number of benzene rings is 1. The Hall–Kier alpha value is -3.14. The lowest BCUT2D eigenvalue weighted by molar-refractivity contribution is 0.0945. The fourth-order valence-electron chi connectivity index (χ4n) is 2.69. The van der Waals surface area contributed by atoms with E-state index in [4.69, 9.17) is 16.3 Å². The van der Waals surface area contributed by atoms with Gasteiger partial charge in [-0.1, -0.05) is 17.7 Å². The van der Waals surface area contributed by atoms with Crippen LogP contribution in [0.5, 0.6) is 5.75 Å². The van der Waals surface area contributed by atoms with Crippen molar-refractivity contribution in [3.05, 3.63) is 76.9 Å². The first-order valence-electron chi connectivity index (χ1n) is 9.13. The van der Waals surface area contributed by atoms with Gasteiger partial charge in [0.05, 0.1) is 29.9 Å². The van der Waals surface area contributed by atoms with Gasteiger partial charge in [-0.3, -0.25) is 10.1 Å². The van der Waals surface area contributed by atoms with E-state index in [2.05, 4.69) is 30.6 Å². The largest absolute Gasteiger partial charge is 0.495 e. The highest BCUT2D eigenvalue weighted by Gasteiger charge is 2.16. The quantitative estimate of drug-likeness (QED) is 0.438. The lowest BCUT2D eigenvalue weighted by Crippen LogP contribution is -2.32. The summed E-state index contributed by atoms with van der Waals surface area (Å²) in [5.41, 5.74) is 1.58. The molecule has 0 fully saturated rings. The first-order valence-corrected chi connectivity index (χ1v) is 9.51. The summed E-state index contributed by atoms with van der Waals surface area (Å²) < 4.78 is 5.13. The first kappa shape index (κ1) is 21.6. The predicted molar refractivity (Wildman–Crippen MR) is 110 cm³/mol. The SMILES string of the molecule is COc1ccc(CNC(O)Cc2ncncc2C(=O)NCc2ncccn2)cc1Cl. The highest BCUT2D eigenvalue weighted by atomic mass is 35.5. The molecule has 30 heavy (non-hydrogen) atoms. The predicted octanol–water partition coefficient (Wildman–Crippen LogP) is 1.51. The molecule has 0 aliphatic heterocycles. The van der Waals surface area contributed by atoms with Gasteiger partial charge >= 0.3 is 0 Å². The molecule has 0 saturated heterocycles. The number of nitrogens with one attached hydrogen (secondary N) is 2. The van der Waals surface area contributed by atoms with E-state index >= 15 is 0 Å². The number of carbonyl (C=O) groups is 1. The minimum absolute atomic E-state index is 0.122. The second-order valence-corrected chi connectivity index (χ2v) is 6.71. The highest BCUT2D eigenvalue weighted by molar-refractivity contribution is 6.32. The molecule has 0 spiro atoms. The van der Waals surface area contributed by atoms with Gasteiger partial charge in [-0.15, -0.1) is 0 Å². The van der Waals surface area contributed by atoms with Crippen LogP contribution in [0.1, 0.15) is 27.4 Å². The van der Waals surface area contributed by atoms with Crippen molar-refractivity contribution in [1.82, 2.24) is 30.6 Å². The summed E-state index contributed by atoms with van der Waals surface area (Å²) in [4.78, 5) is 28.7. The van der Waals surface area contributed by atoms with Crippen LogP contribution in [-0.4, -0.2) is 44.3 Å². The number of ether oxygens (including phenoxy) is 1. The van der Waals surface area contributed by atoms with Crippen molar-refractivity contribution in [3.63, 3.8) is 0 Å². The summed E-state index contributed by atoms with van der Waals surface area (Å²) in [6.07, 6.45) is 5.15. The third-order valence-corrected chi connectivity index (χ3v) is 4.51. The average Bonchev–Trinajstić information content (AvgIpc) is 2.77. The van der Waals surface area contributed by atoms with Gasteiger partial charge in [0.25, 0.3) is 5.91 Å². The lowest BCUT2D eigenvalue weighted by Gasteiger charge is -2.15. The second-order valence-electron chi connectivity index (χ2n) is 6.30. The topological polar surface area (TPSA) is 122 Å². The average molecular weight is 429 g/mol. The number of carbonyl (C=O) groups excluding carboxylic acids is 1. The molecule has 3 N–H and O–H groups in total. The molecule has 0 radical (unpaired) electrons. The summed E-state index contributed by atoms with van der Waals surface area (Å²) in [6.45, 7) is 0.551. The smallest absolute Gasteiger partial charge is 0.255 e. The normalized spacial score (nSPS) is 11.7. The van der Waals surface area contributed by atoms with Crippen LogP contribution >= 0.6 is 11.6 Å². The van der Waals surface area contributed by atoms with Gasteiger partial charge in [-0.05, 0) is 23.8 Å². The monoisotopic (exact) mass is 428 g/mol. The molecular weight excluding hydrogens is 408 g/mol. The molecule has 3 aromatic rings. The van der Waals surface area contributed by atoms with Gasteiger partial charge in [0, 0.05) is 31.6 Å². The van der Waals surface area contributed by atoms with E-state index in [1.165, 1.54) is 12.5 Å². The number of hydrogen-bond acceptors (Lipinski definition) is 8. The summed E-state index contributed by atoms with van der Waals surface area (Å²) in [5.74, 6) is 0.704. The molecule has 9 nitrogen and oxygen atoms in total. The van der Waals surface area contributed by atoms with Crippen LogP contribution in [0.25, 0.3) is 0 Å². The van der Waals surface area contributed by atoms with Crippen molar-refractivity contribution in [3.8, 4) is 5.75 Å². The zero-order valence-corrected chi connectivity index (χ0v) is 17.0. The van der Waals surface area contributed by atoms with Gasteiger partial charge in [0.15, 0.2) is 0 Å². The third kappa shape index (κ3) is 5.93. The van der Waals surface area contributed by atoms with Crippen LogP contribution < -0.4 is 15.4 Å². The fourth-order valence-corrected chi connectivity index (χ4v) is 2.97.